The number of nitrogens with zero attached hydrogens (tertiary/aromatic N) is 3. The van der Waals surface area contributed by atoms with Crippen molar-refractivity contribution in [1.29, 1.82) is 0 Å². The maximum Gasteiger partial charge on any atom is 0.270 e. The van der Waals surface area contributed by atoms with E-state index in [0.717, 1.165) is 30.8 Å². The molecule has 1 aromatic heterocycles. The Bertz CT molecular complexity index is 503. The van der Waals surface area contributed by atoms with Crippen molar-refractivity contribution in [3.8, 4) is 0 Å². The van der Waals surface area contributed by atoms with Crippen LogP contribution in [0.1, 0.15) is 28.3 Å². The molecule has 1 fully saturated rings. The lowest BCUT2D eigenvalue weighted by atomic mass is 10.1. The van der Waals surface area contributed by atoms with Crippen molar-refractivity contribution in [1.82, 2.24) is 15.3 Å². The van der Waals surface area contributed by atoms with E-state index in [1.54, 1.807) is 6.92 Å². The summed E-state index contributed by atoms with van der Waals surface area (Å²) < 4.78 is 0. The summed E-state index contributed by atoms with van der Waals surface area (Å²) in [7, 11) is 0. The van der Waals surface area contributed by atoms with E-state index in [0.29, 0.717) is 24.6 Å². The zero-order valence-corrected chi connectivity index (χ0v) is 10.3. The molecule has 18 heavy (non-hydrogen) atoms. The van der Waals surface area contributed by atoms with Crippen molar-refractivity contribution in [2.24, 2.45) is 0 Å². The number of aromatic nitrogens is 2. The van der Waals surface area contributed by atoms with Gasteiger partial charge in [-0.1, -0.05) is 0 Å². The van der Waals surface area contributed by atoms with Gasteiger partial charge >= 0.3 is 0 Å². The maximum absolute atomic E-state index is 11.8. The van der Waals surface area contributed by atoms with Gasteiger partial charge in [-0.15, -0.1) is 0 Å². The lowest BCUT2D eigenvalue weighted by Gasteiger charge is -2.24. The average molecular weight is 248 g/mol. The molecule has 2 aliphatic rings. The third-order valence-electron chi connectivity index (χ3n) is 3.44. The molecule has 2 aliphatic heterocycles. The van der Waals surface area contributed by atoms with Crippen molar-refractivity contribution in [2.45, 2.75) is 25.9 Å². The van der Waals surface area contributed by atoms with Crippen molar-refractivity contribution in [3.05, 3.63) is 17.1 Å². The van der Waals surface area contributed by atoms with E-state index < -0.39 is 0 Å². The van der Waals surface area contributed by atoms with Crippen LogP contribution in [-0.2, 0) is 6.42 Å². The molecule has 1 aromatic rings. The second-order valence-electron chi connectivity index (χ2n) is 4.82. The molecule has 0 radical (unpaired) electrons. The topological polar surface area (TPSA) is 78.3 Å². The van der Waals surface area contributed by atoms with Crippen LogP contribution in [0.3, 0.4) is 0 Å². The molecule has 2 N–H and O–H groups in total. The fraction of sp³-hybridized carbons (Fsp3) is 0.583. The largest absolute Gasteiger partial charge is 0.391 e. The van der Waals surface area contributed by atoms with Crippen molar-refractivity contribution in [3.63, 3.8) is 0 Å². The highest BCUT2D eigenvalue weighted by Crippen LogP contribution is 2.26. The van der Waals surface area contributed by atoms with Gasteiger partial charge in [0.05, 0.1) is 6.10 Å². The van der Waals surface area contributed by atoms with Crippen molar-refractivity contribution >= 4 is 11.7 Å². The molecule has 6 heteroatoms. The highest BCUT2D eigenvalue weighted by atomic mass is 16.3. The molecule has 0 saturated carbocycles. The first kappa shape index (κ1) is 11.4. The second kappa shape index (κ2) is 4.20. The summed E-state index contributed by atoms with van der Waals surface area (Å²) in [6, 6.07) is 0. The number of amides is 1. The highest BCUT2D eigenvalue weighted by molar-refractivity contribution is 5.96. The van der Waals surface area contributed by atoms with Gasteiger partial charge in [0.1, 0.15) is 17.3 Å². The zero-order chi connectivity index (χ0) is 12.7. The number of aliphatic hydroxyl groups excluding tert-OH is 1. The Balaban J connectivity index is 2.06. The van der Waals surface area contributed by atoms with Gasteiger partial charge in [0.25, 0.3) is 5.91 Å². The predicted molar refractivity (Wildman–Crippen MR) is 65.6 cm³/mol. The first-order valence-electron chi connectivity index (χ1n) is 6.24. The third-order valence-corrected chi connectivity index (χ3v) is 3.44. The maximum atomic E-state index is 11.8. The number of anilines is 1. The van der Waals surface area contributed by atoms with E-state index in [4.69, 9.17) is 0 Å². The number of nitrogens with one attached hydrogen (secondary N) is 1. The fourth-order valence-electron chi connectivity index (χ4n) is 2.58. The lowest BCUT2D eigenvalue weighted by Crippen LogP contribution is -2.35. The highest BCUT2D eigenvalue weighted by Gasteiger charge is 2.29. The zero-order valence-electron chi connectivity index (χ0n) is 10.3. The molecule has 0 unspecified atom stereocenters. The first-order chi connectivity index (χ1) is 8.65. The van der Waals surface area contributed by atoms with Gasteiger partial charge < -0.3 is 15.3 Å². The minimum Gasteiger partial charge on any atom is -0.391 e. The number of hydrogen-bond donors (Lipinski definition) is 2. The molecular formula is C12H16N4O2. The van der Waals surface area contributed by atoms with Crippen LogP contribution in [0.15, 0.2) is 0 Å². The van der Waals surface area contributed by atoms with Gasteiger partial charge in [0, 0.05) is 25.2 Å². The number of fused-ring (bicyclic) bond motifs is 1. The minimum atomic E-state index is -0.298. The monoisotopic (exact) mass is 248 g/mol. The smallest absolute Gasteiger partial charge is 0.270 e. The summed E-state index contributed by atoms with van der Waals surface area (Å²) in [6.45, 7) is 3.79. The second-order valence-corrected chi connectivity index (χ2v) is 4.82. The Kier molecular flexibility index (Phi) is 2.66. The molecule has 6 nitrogen and oxygen atoms in total. The lowest BCUT2D eigenvalue weighted by molar-refractivity contribution is 0.0940. The fourth-order valence-corrected chi connectivity index (χ4v) is 2.58. The average Bonchev–Trinajstić information content (AvgIpc) is 2.76. The van der Waals surface area contributed by atoms with E-state index in [2.05, 4.69) is 20.2 Å². The van der Waals surface area contributed by atoms with Gasteiger partial charge in [0.2, 0.25) is 0 Å². The molecule has 0 spiro atoms. The van der Waals surface area contributed by atoms with Crippen LogP contribution in [0.5, 0.6) is 0 Å². The number of hydrogen-bond acceptors (Lipinski definition) is 5. The SMILES string of the molecule is Cc1nc2c(c(N3CC[C@H](O)C3)n1)CCNC2=O. The van der Waals surface area contributed by atoms with Crippen molar-refractivity contribution < 1.29 is 9.90 Å². The molecule has 1 atom stereocenters. The van der Waals surface area contributed by atoms with Crippen LogP contribution >= 0.6 is 0 Å². The quantitative estimate of drug-likeness (QED) is 0.709. The van der Waals surface area contributed by atoms with Crippen LogP contribution < -0.4 is 10.2 Å². The number of aryl methyl sites for hydroxylation is 1. The summed E-state index contributed by atoms with van der Waals surface area (Å²) in [5.41, 5.74) is 1.41. The molecule has 96 valence electrons. The molecule has 1 amide bonds. The van der Waals surface area contributed by atoms with Gasteiger partial charge in [-0.2, -0.15) is 0 Å². The standard InChI is InChI=1S/C12H16N4O2/c1-7-14-10-9(2-4-13-12(10)18)11(15-7)16-5-3-8(17)6-16/h8,17H,2-6H2,1H3,(H,13,18)/t8-/m0/s1. The first-order valence-corrected chi connectivity index (χ1v) is 6.24. The number of carbonyl (C=O) groups is 1. The summed E-state index contributed by atoms with van der Waals surface area (Å²) in [5, 5.41) is 12.4. The van der Waals surface area contributed by atoms with E-state index in [9.17, 15) is 9.90 Å². The summed E-state index contributed by atoms with van der Waals surface area (Å²) in [4.78, 5) is 22.5. The molecule has 0 bridgehead atoms. The number of β-amino-alcohol motifs (C(OH)–C–C–N with tert-alkyl or cyclic N) is 1. The molecule has 1 saturated heterocycles. The normalized spacial score (nSPS) is 22.9. The minimum absolute atomic E-state index is 0.122. The Morgan fingerprint density at radius 1 is 1.44 bits per heavy atom. The van der Waals surface area contributed by atoms with Crippen LogP contribution in [0.2, 0.25) is 0 Å². The Labute approximate surface area is 105 Å². The van der Waals surface area contributed by atoms with Gasteiger partial charge in [0.15, 0.2) is 0 Å². The van der Waals surface area contributed by atoms with Gasteiger partial charge in [-0.05, 0) is 19.8 Å². The molecule has 0 aliphatic carbocycles. The molecule has 0 aromatic carbocycles. The Hall–Kier alpha value is -1.69. The number of aliphatic hydroxyl groups is 1. The van der Waals surface area contributed by atoms with Crippen LogP contribution in [0.4, 0.5) is 5.82 Å². The predicted octanol–water partition coefficient (Wildman–Crippen LogP) is -0.358. The van der Waals surface area contributed by atoms with Crippen LogP contribution in [-0.4, -0.2) is 46.7 Å². The summed E-state index contributed by atoms with van der Waals surface area (Å²) >= 11 is 0. The Morgan fingerprint density at radius 3 is 3.00 bits per heavy atom. The number of carbonyl (C=O) groups excluding carboxylic acids is 1. The molecular weight excluding hydrogens is 232 g/mol. The Morgan fingerprint density at radius 2 is 2.28 bits per heavy atom. The summed E-state index contributed by atoms with van der Waals surface area (Å²) in [5.74, 6) is 1.30. The van der Waals surface area contributed by atoms with E-state index in [1.165, 1.54) is 0 Å². The number of rotatable bonds is 1. The molecule has 3 rings (SSSR count). The van der Waals surface area contributed by atoms with Crippen molar-refractivity contribution in [2.75, 3.05) is 24.5 Å². The van der Waals surface area contributed by atoms with E-state index >= 15 is 0 Å². The van der Waals surface area contributed by atoms with Gasteiger partial charge in [-0.25, -0.2) is 9.97 Å². The van der Waals surface area contributed by atoms with E-state index in [-0.39, 0.29) is 12.0 Å². The summed E-state index contributed by atoms with van der Waals surface area (Å²) in [6.07, 6.45) is 1.21. The van der Waals surface area contributed by atoms with Gasteiger partial charge in [-0.3, -0.25) is 4.79 Å². The third kappa shape index (κ3) is 1.82. The van der Waals surface area contributed by atoms with E-state index in [1.807, 2.05) is 0 Å². The van der Waals surface area contributed by atoms with Crippen LogP contribution in [0, 0.1) is 6.92 Å². The molecule has 3 heterocycles. The van der Waals surface area contributed by atoms with Crippen LogP contribution in [0.25, 0.3) is 0 Å².